The molecule has 0 saturated heterocycles. The molecule has 1 N–H and O–H groups in total. The SMILES string of the molecule is CN(C)C1CCc2oc3ccc(NC(=O)c4cccc5ncccc45)cc3c2C1. The molecule has 0 spiro atoms. The van der Waals surface area contributed by atoms with Crippen LogP contribution in [0.5, 0.6) is 0 Å². The van der Waals surface area contributed by atoms with Crippen LogP contribution in [-0.2, 0) is 12.8 Å². The zero-order chi connectivity index (χ0) is 20.0. The first-order chi connectivity index (χ1) is 14.1. The topological polar surface area (TPSA) is 58.4 Å². The van der Waals surface area contributed by atoms with Gasteiger partial charge in [-0.05, 0) is 63.3 Å². The Balaban J connectivity index is 1.48. The van der Waals surface area contributed by atoms with Gasteiger partial charge in [0, 0.05) is 46.2 Å². The lowest BCUT2D eigenvalue weighted by Gasteiger charge is -2.27. The van der Waals surface area contributed by atoms with E-state index in [2.05, 4.69) is 29.3 Å². The fourth-order valence-corrected chi connectivity index (χ4v) is 4.28. The quantitative estimate of drug-likeness (QED) is 0.558. The van der Waals surface area contributed by atoms with Gasteiger partial charge in [-0.2, -0.15) is 0 Å². The van der Waals surface area contributed by atoms with E-state index < -0.39 is 0 Å². The van der Waals surface area contributed by atoms with E-state index in [-0.39, 0.29) is 5.91 Å². The van der Waals surface area contributed by atoms with Gasteiger partial charge in [-0.1, -0.05) is 12.1 Å². The molecule has 0 fully saturated rings. The molecule has 5 rings (SSSR count). The number of fused-ring (bicyclic) bond motifs is 4. The molecule has 1 atom stereocenters. The Morgan fingerprint density at radius 3 is 2.90 bits per heavy atom. The average molecular weight is 385 g/mol. The van der Waals surface area contributed by atoms with Gasteiger partial charge in [0.2, 0.25) is 0 Å². The van der Waals surface area contributed by atoms with Crippen LogP contribution in [0.2, 0.25) is 0 Å². The van der Waals surface area contributed by atoms with Crippen LogP contribution in [0.15, 0.2) is 59.1 Å². The minimum atomic E-state index is -0.133. The van der Waals surface area contributed by atoms with Gasteiger partial charge in [0.05, 0.1) is 5.52 Å². The third-order valence-corrected chi connectivity index (χ3v) is 5.90. The van der Waals surface area contributed by atoms with Gasteiger partial charge in [-0.15, -0.1) is 0 Å². The Kier molecular flexibility index (Phi) is 4.32. The van der Waals surface area contributed by atoms with Crippen molar-refractivity contribution in [2.75, 3.05) is 19.4 Å². The van der Waals surface area contributed by atoms with Gasteiger partial charge in [0.1, 0.15) is 11.3 Å². The molecule has 0 radical (unpaired) electrons. The van der Waals surface area contributed by atoms with Crippen molar-refractivity contribution in [2.45, 2.75) is 25.3 Å². The van der Waals surface area contributed by atoms with Gasteiger partial charge in [-0.25, -0.2) is 0 Å². The molecule has 29 heavy (non-hydrogen) atoms. The van der Waals surface area contributed by atoms with E-state index in [0.717, 1.165) is 52.6 Å². The van der Waals surface area contributed by atoms with Crippen LogP contribution in [0.25, 0.3) is 21.9 Å². The van der Waals surface area contributed by atoms with Crippen molar-refractivity contribution >= 4 is 33.5 Å². The number of carbonyl (C=O) groups excluding carboxylic acids is 1. The van der Waals surface area contributed by atoms with Crippen LogP contribution in [0.4, 0.5) is 5.69 Å². The predicted molar refractivity (Wildman–Crippen MR) is 115 cm³/mol. The number of pyridine rings is 1. The molecule has 4 aromatic rings. The van der Waals surface area contributed by atoms with Crippen LogP contribution in [0, 0.1) is 0 Å². The third-order valence-electron chi connectivity index (χ3n) is 5.90. The summed E-state index contributed by atoms with van der Waals surface area (Å²) in [6.07, 6.45) is 4.78. The Hall–Kier alpha value is -3.18. The normalized spacial score (nSPS) is 16.3. The highest BCUT2D eigenvalue weighted by Gasteiger charge is 2.25. The van der Waals surface area contributed by atoms with Gasteiger partial charge in [-0.3, -0.25) is 9.78 Å². The summed E-state index contributed by atoms with van der Waals surface area (Å²) in [5.41, 5.74) is 4.38. The van der Waals surface area contributed by atoms with Crippen molar-refractivity contribution in [1.29, 1.82) is 0 Å². The van der Waals surface area contributed by atoms with Gasteiger partial charge >= 0.3 is 0 Å². The molecule has 5 nitrogen and oxygen atoms in total. The number of furan rings is 1. The second-order valence-corrected chi connectivity index (χ2v) is 7.90. The van der Waals surface area contributed by atoms with Crippen LogP contribution < -0.4 is 5.32 Å². The zero-order valence-corrected chi connectivity index (χ0v) is 16.6. The molecule has 2 aromatic heterocycles. The number of anilines is 1. The lowest BCUT2D eigenvalue weighted by Crippen LogP contribution is -2.33. The molecule has 5 heteroatoms. The second kappa shape index (κ2) is 7.01. The van der Waals surface area contributed by atoms with Crippen molar-refractivity contribution in [1.82, 2.24) is 9.88 Å². The summed E-state index contributed by atoms with van der Waals surface area (Å²) in [5, 5.41) is 5.01. The lowest BCUT2D eigenvalue weighted by molar-refractivity contribution is 0.102. The Morgan fingerprint density at radius 2 is 2.03 bits per heavy atom. The summed E-state index contributed by atoms with van der Waals surface area (Å²) in [5.74, 6) is 0.952. The third kappa shape index (κ3) is 3.17. The number of carbonyl (C=O) groups is 1. The monoisotopic (exact) mass is 385 g/mol. The molecule has 1 unspecified atom stereocenters. The first kappa shape index (κ1) is 17.9. The van der Waals surface area contributed by atoms with Gasteiger partial charge < -0.3 is 14.6 Å². The highest BCUT2D eigenvalue weighted by molar-refractivity contribution is 6.12. The van der Waals surface area contributed by atoms with E-state index in [0.29, 0.717) is 11.6 Å². The average Bonchev–Trinajstić information content (AvgIpc) is 3.10. The maximum atomic E-state index is 13.0. The summed E-state index contributed by atoms with van der Waals surface area (Å²) >= 11 is 0. The number of nitrogens with zero attached hydrogens (tertiary/aromatic N) is 2. The van der Waals surface area contributed by atoms with Crippen molar-refractivity contribution in [3.63, 3.8) is 0 Å². The number of aromatic nitrogens is 1. The Morgan fingerprint density at radius 1 is 1.14 bits per heavy atom. The molecular weight excluding hydrogens is 362 g/mol. The number of aryl methyl sites for hydroxylation is 1. The fourth-order valence-electron chi connectivity index (χ4n) is 4.28. The lowest BCUT2D eigenvalue weighted by atomic mass is 9.91. The van der Waals surface area contributed by atoms with Crippen LogP contribution >= 0.6 is 0 Å². The summed E-state index contributed by atoms with van der Waals surface area (Å²) in [7, 11) is 4.26. The zero-order valence-electron chi connectivity index (χ0n) is 16.6. The molecule has 146 valence electrons. The van der Waals surface area contributed by atoms with E-state index in [1.54, 1.807) is 6.20 Å². The maximum Gasteiger partial charge on any atom is 0.256 e. The number of benzene rings is 2. The first-order valence-corrected chi connectivity index (χ1v) is 9.96. The summed E-state index contributed by atoms with van der Waals surface area (Å²) in [6, 6.07) is 15.8. The Bertz CT molecular complexity index is 1220. The molecule has 2 heterocycles. The smallest absolute Gasteiger partial charge is 0.256 e. The number of hydrogen-bond donors (Lipinski definition) is 1. The van der Waals surface area contributed by atoms with E-state index in [1.165, 1.54) is 5.56 Å². The number of hydrogen-bond acceptors (Lipinski definition) is 4. The van der Waals surface area contributed by atoms with Crippen molar-refractivity contribution in [3.05, 3.63) is 71.6 Å². The largest absolute Gasteiger partial charge is 0.461 e. The highest BCUT2D eigenvalue weighted by atomic mass is 16.3. The van der Waals surface area contributed by atoms with E-state index in [4.69, 9.17) is 4.42 Å². The first-order valence-electron chi connectivity index (χ1n) is 9.96. The number of rotatable bonds is 3. The molecule has 0 bridgehead atoms. The standard InChI is InChI=1S/C24H23N3O2/c1-27(2)16-9-11-23-20(14-16)19-13-15(8-10-22(19)29-23)26-24(28)18-5-3-7-21-17(18)6-4-12-25-21/h3-8,10,12-13,16H,9,11,14H2,1-2H3,(H,26,28). The molecule has 0 aliphatic heterocycles. The van der Waals surface area contributed by atoms with Crippen molar-refractivity contribution in [2.24, 2.45) is 0 Å². The molecule has 1 aliphatic carbocycles. The molecule has 1 amide bonds. The summed E-state index contributed by atoms with van der Waals surface area (Å²) < 4.78 is 6.08. The fraction of sp³-hybridized carbons (Fsp3) is 0.250. The summed E-state index contributed by atoms with van der Waals surface area (Å²) in [6.45, 7) is 0. The van der Waals surface area contributed by atoms with Crippen LogP contribution in [0.3, 0.4) is 0 Å². The van der Waals surface area contributed by atoms with Gasteiger partial charge in [0.25, 0.3) is 5.91 Å². The second-order valence-electron chi connectivity index (χ2n) is 7.90. The van der Waals surface area contributed by atoms with Crippen LogP contribution in [0.1, 0.15) is 28.1 Å². The minimum Gasteiger partial charge on any atom is -0.461 e. The van der Waals surface area contributed by atoms with Crippen LogP contribution in [-0.4, -0.2) is 35.9 Å². The molecular formula is C24H23N3O2. The molecule has 1 aliphatic rings. The van der Waals surface area contributed by atoms with E-state index >= 15 is 0 Å². The highest BCUT2D eigenvalue weighted by Crippen LogP contribution is 2.34. The molecule has 0 saturated carbocycles. The predicted octanol–water partition coefficient (Wildman–Crippen LogP) is 4.65. The minimum absolute atomic E-state index is 0.133. The van der Waals surface area contributed by atoms with E-state index in [9.17, 15) is 4.79 Å². The summed E-state index contributed by atoms with van der Waals surface area (Å²) in [4.78, 5) is 19.6. The Labute approximate surface area is 169 Å². The molecule has 2 aromatic carbocycles. The number of likely N-dealkylation sites (N-methyl/N-ethyl adjacent to an activating group) is 1. The number of amides is 1. The van der Waals surface area contributed by atoms with Crippen molar-refractivity contribution in [3.8, 4) is 0 Å². The van der Waals surface area contributed by atoms with Crippen molar-refractivity contribution < 1.29 is 9.21 Å². The van der Waals surface area contributed by atoms with Gasteiger partial charge in [0.15, 0.2) is 0 Å². The maximum absolute atomic E-state index is 13.0. The number of nitrogens with one attached hydrogen (secondary N) is 1. The van der Waals surface area contributed by atoms with E-state index in [1.807, 2.05) is 48.5 Å².